The Morgan fingerprint density at radius 2 is 1.86 bits per heavy atom. The van der Waals surface area contributed by atoms with Crippen molar-refractivity contribution in [2.75, 3.05) is 5.32 Å². The number of hydrogen-bond acceptors (Lipinski definition) is 2. The van der Waals surface area contributed by atoms with E-state index in [4.69, 9.17) is 4.74 Å². The summed E-state index contributed by atoms with van der Waals surface area (Å²) in [7, 11) is 0. The van der Waals surface area contributed by atoms with E-state index in [0.717, 1.165) is 40.3 Å². The minimum absolute atomic E-state index is 0.0422. The molecular formula is C26H24FNO. The number of anilines is 1. The summed E-state index contributed by atoms with van der Waals surface area (Å²) < 4.78 is 20.2. The van der Waals surface area contributed by atoms with Crippen LogP contribution < -0.4 is 10.1 Å². The molecule has 2 nitrogen and oxygen atoms in total. The maximum absolute atomic E-state index is 13.8. The second kappa shape index (κ2) is 6.48. The van der Waals surface area contributed by atoms with E-state index in [1.807, 2.05) is 30.3 Å². The van der Waals surface area contributed by atoms with Crippen LogP contribution in [0.25, 0.3) is 23.0 Å². The lowest BCUT2D eigenvalue weighted by molar-refractivity contribution is 0.450. The van der Waals surface area contributed by atoms with Gasteiger partial charge in [-0.05, 0) is 73.2 Å². The van der Waals surface area contributed by atoms with Crippen molar-refractivity contribution >= 4 is 17.5 Å². The molecule has 0 bridgehead atoms. The molecule has 0 saturated heterocycles. The lowest BCUT2D eigenvalue weighted by Crippen LogP contribution is -2.37. The van der Waals surface area contributed by atoms with E-state index in [1.54, 1.807) is 6.07 Å². The van der Waals surface area contributed by atoms with E-state index in [9.17, 15) is 4.39 Å². The molecule has 0 unspecified atom stereocenters. The summed E-state index contributed by atoms with van der Waals surface area (Å²) in [6, 6.07) is 19.1. The molecular weight excluding hydrogens is 361 g/mol. The van der Waals surface area contributed by atoms with Crippen molar-refractivity contribution in [1.29, 1.82) is 0 Å². The molecule has 2 aliphatic heterocycles. The molecule has 0 aliphatic carbocycles. The van der Waals surface area contributed by atoms with Gasteiger partial charge in [0.1, 0.15) is 17.3 Å². The molecule has 3 aromatic rings. The summed E-state index contributed by atoms with van der Waals surface area (Å²) in [6.07, 6.45) is 2.98. The number of nitrogens with one attached hydrogen (secondary N) is 1. The lowest BCUT2D eigenvalue weighted by Gasteiger charge is -2.40. The van der Waals surface area contributed by atoms with Crippen molar-refractivity contribution in [1.82, 2.24) is 0 Å². The van der Waals surface area contributed by atoms with Crippen LogP contribution in [0.5, 0.6) is 5.75 Å². The van der Waals surface area contributed by atoms with Crippen LogP contribution in [0.4, 0.5) is 10.1 Å². The first-order chi connectivity index (χ1) is 13.9. The fourth-order valence-corrected chi connectivity index (χ4v) is 4.81. The Morgan fingerprint density at radius 3 is 2.69 bits per heavy atom. The number of ether oxygens (including phenoxy) is 1. The highest BCUT2D eigenvalue weighted by atomic mass is 19.1. The Labute approximate surface area is 171 Å². The lowest BCUT2D eigenvalue weighted by atomic mass is 9.77. The van der Waals surface area contributed by atoms with Crippen molar-refractivity contribution in [3.05, 3.63) is 83.2 Å². The standard InChI is InChI=1S/C26H24FNO/c1-16-15-26(2,3)28-21-12-11-20-19-9-4-5-10-22(19)29-23(25(20)24(16)21)14-17-7-6-8-18(27)13-17/h4-14,16,28H,15H2,1-3H3/b23-14-/t16-/m1/s1. The molecule has 5 rings (SSSR count). The second-order valence-electron chi connectivity index (χ2n) is 8.73. The van der Waals surface area contributed by atoms with Crippen LogP contribution in [-0.4, -0.2) is 5.54 Å². The van der Waals surface area contributed by atoms with E-state index < -0.39 is 0 Å². The topological polar surface area (TPSA) is 21.3 Å². The first-order valence-electron chi connectivity index (χ1n) is 10.1. The fourth-order valence-electron chi connectivity index (χ4n) is 4.81. The van der Waals surface area contributed by atoms with Crippen molar-refractivity contribution < 1.29 is 9.13 Å². The highest BCUT2D eigenvalue weighted by molar-refractivity contribution is 5.95. The molecule has 0 amide bonds. The highest BCUT2D eigenvalue weighted by Gasteiger charge is 2.35. The number of fused-ring (bicyclic) bond motifs is 5. The van der Waals surface area contributed by atoms with Gasteiger partial charge in [-0.3, -0.25) is 0 Å². The van der Waals surface area contributed by atoms with Crippen LogP contribution in [0.2, 0.25) is 0 Å². The first kappa shape index (κ1) is 18.0. The number of rotatable bonds is 1. The Balaban J connectivity index is 1.77. The van der Waals surface area contributed by atoms with E-state index in [0.29, 0.717) is 5.92 Å². The maximum Gasteiger partial charge on any atom is 0.136 e. The van der Waals surface area contributed by atoms with E-state index in [2.05, 4.69) is 44.3 Å². The summed E-state index contributed by atoms with van der Waals surface area (Å²) in [5.41, 5.74) is 6.64. The molecule has 0 aromatic heterocycles. The number of hydrogen-bond donors (Lipinski definition) is 1. The zero-order valence-corrected chi connectivity index (χ0v) is 16.9. The van der Waals surface area contributed by atoms with Gasteiger partial charge < -0.3 is 10.1 Å². The second-order valence-corrected chi connectivity index (χ2v) is 8.73. The molecule has 1 N–H and O–H groups in total. The molecule has 0 spiro atoms. The van der Waals surface area contributed by atoms with Crippen LogP contribution in [0.3, 0.4) is 0 Å². The molecule has 3 aromatic carbocycles. The van der Waals surface area contributed by atoms with Gasteiger partial charge in [-0.15, -0.1) is 0 Å². The van der Waals surface area contributed by atoms with Gasteiger partial charge in [0.15, 0.2) is 0 Å². The molecule has 0 saturated carbocycles. The number of para-hydroxylation sites is 1. The van der Waals surface area contributed by atoms with E-state index in [-0.39, 0.29) is 11.4 Å². The van der Waals surface area contributed by atoms with Crippen LogP contribution in [-0.2, 0) is 0 Å². The van der Waals surface area contributed by atoms with E-state index >= 15 is 0 Å². The maximum atomic E-state index is 13.8. The third-order valence-electron chi connectivity index (χ3n) is 5.82. The van der Waals surface area contributed by atoms with Gasteiger partial charge in [0.2, 0.25) is 0 Å². The van der Waals surface area contributed by atoms with Crippen LogP contribution in [0, 0.1) is 5.82 Å². The minimum Gasteiger partial charge on any atom is -0.456 e. The minimum atomic E-state index is -0.248. The summed E-state index contributed by atoms with van der Waals surface area (Å²) in [5, 5.41) is 3.69. The zero-order valence-electron chi connectivity index (χ0n) is 16.9. The molecule has 2 aliphatic rings. The van der Waals surface area contributed by atoms with Gasteiger partial charge in [0, 0.05) is 22.4 Å². The average molecular weight is 385 g/mol. The highest BCUT2D eigenvalue weighted by Crippen LogP contribution is 2.50. The molecule has 2 heterocycles. The monoisotopic (exact) mass is 385 g/mol. The van der Waals surface area contributed by atoms with Gasteiger partial charge >= 0.3 is 0 Å². The van der Waals surface area contributed by atoms with Gasteiger partial charge in [-0.25, -0.2) is 4.39 Å². The van der Waals surface area contributed by atoms with Gasteiger partial charge in [0.05, 0.1) is 0 Å². The normalized spacial score (nSPS) is 20.1. The predicted octanol–water partition coefficient (Wildman–Crippen LogP) is 7.08. The number of halogens is 1. The van der Waals surface area contributed by atoms with Crippen molar-refractivity contribution in [2.45, 2.75) is 38.6 Å². The molecule has 0 radical (unpaired) electrons. The average Bonchev–Trinajstić information content (AvgIpc) is 2.66. The summed E-state index contributed by atoms with van der Waals surface area (Å²) in [4.78, 5) is 0. The quantitative estimate of drug-likeness (QED) is 0.483. The molecule has 1 atom stereocenters. The Bertz CT molecular complexity index is 1150. The van der Waals surface area contributed by atoms with Crippen LogP contribution in [0.1, 0.15) is 49.8 Å². The Morgan fingerprint density at radius 1 is 1.03 bits per heavy atom. The predicted molar refractivity (Wildman–Crippen MR) is 118 cm³/mol. The first-order valence-corrected chi connectivity index (χ1v) is 10.1. The summed E-state index contributed by atoms with van der Waals surface area (Å²) >= 11 is 0. The fraction of sp³-hybridized carbons (Fsp3) is 0.231. The van der Waals surface area contributed by atoms with Crippen LogP contribution >= 0.6 is 0 Å². The van der Waals surface area contributed by atoms with Gasteiger partial charge in [0.25, 0.3) is 0 Å². The van der Waals surface area contributed by atoms with Gasteiger partial charge in [-0.2, -0.15) is 0 Å². The largest absolute Gasteiger partial charge is 0.456 e. The van der Waals surface area contributed by atoms with Crippen molar-refractivity contribution in [2.24, 2.45) is 0 Å². The van der Waals surface area contributed by atoms with Crippen molar-refractivity contribution in [3.8, 4) is 16.9 Å². The Kier molecular flexibility index (Phi) is 4.02. The number of benzene rings is 3. The van der Waals surface area contributed by atoms with Crippen LogP contribution in [0.15, 0.2) is 60.7 Å². The zero-order chi connectivity index (χ0) is 20.2. The molecule has 3 heteroatoms. The molecule has 146 valence electrons. The third-order valence-corrected chi connectivity index (χ3v) is 5.82. The van der Waals surface area contributed by atoms with E-state index in [1.165, 1.54) is 23.3 Å². The van der Waals surface area contributed by atoms with Crippen molar-refractivity contribution in [3.63, 3.8) is 0 Å². The Hall–Kier alpha value is -3.07. The molecule has 0 fully saturated rings. The summed E-state index contributed by atoms with van der Waals surface area (Å²) in [6.45, 7) is 6.75. The third kappa shape index (κ3) is 3.11. The summed E-state index contributed by atoms with van der Waals surface area (Å²) in [5.74, 6) is 1.73. The van der Waals surface area contributed by atoms with Gasteiger partial charge in [-0.1, -0.05) is 43.3 Å². The molecule has 29 heavy (non-hydrogen) atoms. The SMILES string of the molecule is C[C@@H]1CC(C)(C)Nc2ccc3c(c21)/C(=C/c1cccc(F)c1)Oc1ccccc1-3. The smallest absolute Gasteiger partial charge is 0.136 e.